The Morgan fingerprint density at radius 1 is 1.15 bits per heavy atom. The molecule has 2 aromatic carbocycles. The highest BCUT2D eigenvalue weighted by molar-refractivity contribution is 7.98. The lowest BCUT2D eigenvalue weighted by atomic mass is 10.1. The lowest BCUT2D eigenvalue weighted by Crippen LogP contribution is -2.23. The van der Waals surface area contributed by atoms with Gasteiger partial charge < -0.3 is 0 Å². The van der Waals surface area contributed by atoms with Crippen molar-refractivity contribution >= 4 is 33.6 Å². The molecule has 6 heteroatoms. The number of para-hydroxylation sites is 1. The molecule has 0 aliphatic rings. The predicted molar refractivity (Wildman–Crippen MR) is 108 cm³/mol. The summed E-state index contributed by atoms with van der Waals surface area (Å²) in [5.41, 5.74) is 2.21. The molecule has 0 radical (unpaired) electrons. The molecular formula is C21H18FN3OS. The van der Waals surface area contributed by atoms with Crippen LogP contribution in [0, 0.1) is 5.82 Å². The van der Waals surface area contributed by atoms with E-state index < -0.39 is 0 Å². The number of thioether (sulfide) groups is 1. The zero-order valence-corrected chi connectivity index (χ0v) is 15.7. The Kier molecular flexibility index (Phi) is 4.90. The van der Waals surface area contributed by atoms with E-state index in [1.807, 2.05) is 31.2 Å². The van der Waals surface area contributed by atoms with Crippen molar-refractivity contribution in [2.75, 3.05) is 0 Å². The number of benzene rings is 2. The first-order valence-electron chi connectivity index (χ1n) is 8.83. The van der Waals surface area contributed by atoms with E-state index in [2.05, 4.69) is 9.97 Å². The Labute approximate surface area is 160 Å². The lowest BCUT2D eigenvalue weighted by Gasteiger charge is -2.13. The van der Waals surface area contributed by atoms with Gasteiger partial charge in [0.25, 0.3) is 5.56 Å². The van der Waals surface area contributed by atoms with E-state index in [-0.39, 0.29) is 11.4 Å². The van der Waals surface area contributed by atoms with E-state index in [9.17, 15) is 9.18 Å². The summed E-state index contributed by atoms with van der Waals surface area (Å²) in [7, 11) is 0. The third-order valence-electron chi connectivity index (χ3n) is 4.38. The topological polar surface area (TPSA) is 47.8 Å². The van der Waals surface area contributed by atoms with Crippen molar-refractivity contribution in [2.24, 2.45) is 0 Å². The van der Waals surface area contributed by atoms with E-state index in [1.54, 1.807) is 22.9 Å². The van der Waals surface area contributed by atoms with Crippen LogP contribution in [0.5, 0.6) is 0 Å². The third kappa shape index (κ3) is 3.45. The maximum absolute atomic E-state index is 14.0. The summed E-state index contributed by atoms with van der Waals surface area (Å²) in [5, 5.41) is 2.03. The fourth-order valence-corrected chi connectivity index (χ4v) is 4.16. The van der Waals surface area contributed by atoms with Gasteiger partial charge in [0, 0.05) is 23.9 Å². The van der Waals surface area contributed by atoms with Crippen LogP contribution >= 0.6 is 11.8 Å². The molecule has 0 amide bonds. The van der Waals surface area contributed by atoms with Gasteiger partial charge in [-0.05, 0) is 42.3 Å². The van der Waals surface area contributed by atoms with Gasteiger partial charge in [0.2, 0.25) is 0 Å². The number of nitrogens with zero attached hydrogens (tertiary/aromatic N) is 3. The van der Waals surface area contributed by atoms with Crippen LogP contribution in [0.3, 0.4) is 0 Å². The minimum atomic E-state index is -0.288. The molecular weight excluding hydrogens is 361 g/mol. The van der Waals surface area contributed by atoms with Gasteiger partial charge in [-0.2, -0.15) is 0 Å². The SMILES string of the molecule is CCCn1c(SCc2cc(F)cc3cccnc23)nc2ccccc2c1=O. The molecule has 0 atom stereocenters. The van der Waals surface area contributed by atoms with Crippen molar-refractivity contribution in [1.82, 2.24) is 14.5 Å². The van der Waals surface area contributed by atoms with Gasteiger partial charge in [-0.1, -0.05) is 36.9 Å². The van der Waals surface area contributed by atoms with Crippen molar-refractivity contribution in [3.8, 4) is 0 Å². The van der Waals surface area contributed by atoms with Gasteiger partial charge in [0.1, 0.15) is 5.82 Å². The van der Waals surface area contributed by atoms with Crippen LogP contribution in [0.1, 0.15) is 18.9 Å². The van der Waals surface area contributed by atoms with Crippen LogP contribution in [0.2, 0.25) is 0 Å². The second-order valence-corrected chi connectivity index (χ2v) is 7.24. The van der Waals surface area contributed by atoms with Gasteiger partial charge in [-0.15, -0.1) is 0 Å². The summed E-state index contributed by atoms with van der Waals surface area (Å²) in [4.78, 5) is 21.9. The highest BCUT2D eigenvalue weighted by atomic mass is 32.2. The largest absolute Gasteiger partial charge is 0.287 e. The molecule has 4 aromatic rings. The first-order chi connectivity index (χ1) is 13.2. The Bertz CT molecular complexity index is 1190. The summed E-state index contributed by atoms with van der Waals surface area (Å²) < 4.78 is 15.7. The van der Waals surface area contributed by atoms with Gasteiger partial charge in [-0.25, -0.2) is 9.37 Å². The Balaban J connectivity index is 1.76. The molecule has 0 N–H and O–H groups in total. The number of hydrogen-bond acceptors (Lipinski definition) is 4. The van der Waals surface area contributed by atoms with Crippen molar-refractivity contribution in [3.63, 3.8) is 0 Å². The molecule has 0 spiro atoms. The molecule has 0 bridgehead atoms. The third-order valence-corrected chi connectivity index (χ3v) is 5.40. The molecule has 0 aliphatic carbocycles. The predicted octanol–water partition coefficient (Wildman–Crippen LogP) is 4.79. The monoisotopic (exact) mass is 379 g/mol. The van der Waals surface area contributed by atoms with Crippen LogP contribution in [-0.4, -0.2) is 14.5 Å². The molecule has 4 rings (SSSR count). The molecule has 2 aromatic heterocycles. The second-order valence-electron chi connectivity index (χ2n) is 6.30. The zero-order chi connectivity index (χ0) is 18.8. The summed E-state index contributed by atoms with van der Waals surface area (Å²) in [6.45, 7) is 2.63. The zero-order valence-electron chi connectivity index (χ0n) is 14.9. The summed E-state index contributed by atoms with van der Waals surface area (Å²) in [6, 6.07) is 14.0. The standard InChI is InChI=1S/C21H18FN3OS/c1-2-10-25-20(26)17-7-3-4-8-18(17)24-21(25)27-13-15-12-16(22)11-14-6-5-9-23-19(14)15/h3-9,11-12H,2,10,13H2,1H3. The smallest absolute Gasteiger partial charge is 0.262 e. The molecule has 0 saturated carbocycles. The molecule has 2 heterocycles. The van der Waals surface area contributed by atoms with Gasteiger partial charge in [-0.3, -0.25) is 14.3 Å². The number of halogens is 1. The molecule has 0 unspecified atom stereocenters. The van der Waals surface area contributed by atoms with E-state index >= 15 is 0 Å². The number of hydrogen-bond donors (Lipinski definition) is 0. The molecule has 136 valence electrons. The van der Waals surface area contributed by atoms with Crippen LogP contribution in [-0.2, 0) is 12.3 Å². The maximum atomic E-state index is 14.0. The van der Waals surface area contributed by atoms with Crippen LogP contribution in [0.15, 0.2) is 64.7 Å². The van der Waals surface area contributed by atoms with Gasteiger partial charge >= 0.3 is 0 Å². The number of rotatable bonds is 5. The van der Waals surface area contributed by atoms with Crippen molar-refractivity contribution in [1.29, 1.82) is 0 Å². The average molecular weight is 379 g/mol. The molecule has 4 nitrogen and oxygen atoms in total. The first kappa shape index (κ1) is 17.7. The molecule has 27 heavy (non-hydrogen) atoms. The van der Waals surface area contributed by atoms with E-state index in [4.69, 9.17) is 0 Å². The first-order valence-corrected chi connectivity index (χ1v) is 9.81. The fraction of sp³-hybridized carbons (Fsp3) is 0.190. The normalized spacial score (nSPS) is 11.3. The van der Waals surface area contributed by atoms with Crippen LogP contribution in [0.25, 0.3) is 21.8 Å². The summed E-state index contributed by atoms with van der Waals surface area (Å²) in [5.74, 6) is 0.197. The van der Waals surface area contributed by atoms with Crippen LogP contribution < -0.4 is 5.56 Å². The highest BCUT2D eigenvalue weighted by Gasteiger charge is 2.13. The number of aromatic nitrogens is 3. The van der Waals surface area contributed by atoms with Crippen molar-refractivity contribution in [2.45, 2.75) is 30.8 Å². The van der Waals surface area contributed by atoms with Crippen molar-refractivity contribution < 1.29 is 4.39 Å². The highest BCUT2D eigenvalue weighted by Crippen LogP contribution is 2.27. The fourth-order valence-electron chi connectivity index (χ4n) is 3.16. The molecule has 0 aliphatic heterocycles. The Morgan fingerprint density at radius 3 is 2.85 bits per heavy atom. The van der Waals surface area contributed by atoms with Crippen LogP contribution in [0.4, 0.5) is 4.39 Å². The van der Waals surface area contributed by atoms with E-state index in [0.29, 0.717) is 28.4 Å². The molecule has 0 saturated heterocycles. The van der Waals surface area contributed by atoms with E-state index in [0.717, 1.165) is 22.9 Å². The Morgan fingerprint density at radius 2 is 2.00 bits per heavy atom. The lowest BCUT2D eigenvalue weighted by molar-refractivity contribution is 0.584. The number of fused-ring (bicyclic) bond motifs is 2. The molecule has 0 fully saturated rings. The quantitative estimate of drug-likeness (QED) is 0.370. The minimum absolute atomic E-state index is 0.0350. The minimum Gasteiger partial charge on any atom is -0.287 e. The van der Waals surface area contributed by atoms with Gasteiger partial charge in [0.15, 0.2) is 5.16 Å². The maximum Gasteiger partial charge on any atom is 0.262 e. The summed E-state index contributed by atoms with van der Waals surface area (Å²) in [6.07, 6.45) is 2.54. The Hall–Kier alpha value is -2.73. The summed E-state index contributed by atoms with van der Waals surface area (Å²) >= 11 is 1.44. The number of pyridine rings is 1. The van der Waals surface area contributed by atoms with Gasteiger partial charge in [0.05, 0.1) is 16.4 Å². The second kappa shape index (κ2) is 7.48. The van der Waals surface area contributed by atoms with E-state index in [1.165, 1.54) is 23.9 Å². The van der Waals surface area contributed by atoms with Crippen molar-refractivity contribution in [3.05, 3.63) is 76.5 Å². The average Bonchev–Trinajstić information content (AvgIpc) is 2.68.